The second-order valence-corrected chi connectivity index (χ2v) is 4.91. The third-order valence-electron chi connectivity index (χ3n) is 2.76. The van der Waals surface area contributed by atoms with Crippen LogP contribution in [0.5, 0.6) is 0 Å². The van der Waals surface area contributed by atoms with E-state index < -0.39 is 11.5 Å². The molecule has 0 radical (unpaired) electrons. The molecule has 6 heteroatoms. The van der Waals surface area contributed by atoms with Crippen molar-refractivity contribution in [2.45, 2.75) is 13.8 Å². The van der Waals surface area contributed by atoms with Crippen LogP contribution in [0.25, 0.3) is 11.4 Å². The van der Waals surface area contributed by atoms with Gasteiger partial charge in [0.25, 0.3) is 5.56 Å². The molecule has 19 heavy (non-hydrogen) atoms. The number of hydrogen-bond donors (Lipinski definition) is 2. The third kappa shape index (κ3) is 2.44. The van der Waals surface area contributed by atoms with Gasteiger partial charge >= 0.3 is 5.97 Å². The zero-order valence-corrected chi connectivity index (χ0v) is 11.9. The Labute approximate surface area is 117 Å². The summed E-state index contributed by atoms with van der Waals surface area (Å²) in [6.45, 7) is 3.43. The lowest BCUT2D eigenvalue weighted by molar-refractivity contribution is 0.0693. The number of nitrogens with zero attached hydrogens (tertiary/aromatic N) is 1. The van der Waals surface area contributed by atoms with Gasteiger partial charge in [0.2, 0.25) is 0 Å². The normalized spacial score (nSPS) is 10.5. The molecule has 0 fully saturated rings. The average molecular weight is 323 g/mol. The van der Waals surface area contributed by atoms with E-state index in [9.17, 15) is 9.59 Å². The van der Waals surface area contributed by atoms with Crippen molar-refractivity contribution in [3.05, 3.63) is 49.8 Å². The van der Waals surface area contributed by atoms with Crippen molar-refractivity contribution in [2.24, 2.45) is 0 Å². The van der Waals surface area contributed by atoms with E-state index in [-0.39, 0.29) is 11.3 Å². The van der Waals surface area contributed by atoms with Crippen LogP contribution in [-0.2, 0) is 0 Å². The van der Waals surface area contributed by atoms with Gasteiger partial charge in [0.15, 0.2) is 0 Å². The molecular weight excluding hydrogens is 312 g/mol. The predicted molar refractivity (Wildman–Crippen MR) is 74.4 cm³/mol. The molecule has 98 valence electrons. The molecule has 2 rings (SSSR count). The van der Waals surface area contributed by atoms with Crippen LogP contribution < -0.4 is 5.56 Å². The number of H-pyrrole nitrogens is 1. The monoisotopic (exact) mass is 322 g/mol. The molecule has 1 aromatic carbocycles. The second kappa shape index (κ2) is 4.97. The molecule has 0 atom stereocenters. The summed E-state index contributed by atoms with van der Waals surface area (Å²) in [4.78, 5) is 29.4. The molecule has 1 aromatic heterocycles. The molecule has 0 aliphatic heterocycles. The molecule has 5 nitrogen and oxygen atoms in total. The Morgan fingerprint density at radius 3 is 2.63 bits per heavy atom. The summed E-state index contributed by atoms with van der Waals surface area (Å²) in [6.07, 6.45) is 0. The van der Waals surface area contributed by atoms with Crippen LogP contribution in [-0.4, -0.2) is 21.0 Å². The van der Waals surface area contributed by atoms with Gasteiger partial charge in [0, 0.05) is 10.0 Å². The van der Waals surface area contributed by atoms with Crippen LogP contribution in [0.2, 0.25) is 0 Å². The van der Waals surface area contributed by atoms with Crippen molar-refractivity contribution in [1.29, 1.82) is 0 Å². The van der Waals surface area contributed by atoms with E-state index >= 15 is 0 Å². The van der Waals surface area contributed by atoms with Crippen LogP contribution in [0.1, 0.15) is 21.6 Å². The smallest absolute Gasteiger partial charge is 0.343 e. The first-order valence-corrected chi connectivity index (χ1v) is 6.31. The summed E-state index contributed by atoms with van der Waals surface area (Å²) in [7, 11) is 0. The fraction of sp³-hybridized carbons (Fsp3) is 0.154. The van der Waals surface area contributed by atoms with E-state index in [0.717, 1.165) is 15.6 Å². The number of aromatic nitrogens is 2. The molecule has 0 saturated heterocycles. The Balaban J connectivity index is 2.69. The maximum absolute atomic E-state index is 11.8. The molecule has 2 aromatic rings. The Hall–Kier alpha value is -1.95. The quantitative estimate of drug-likeness (QED) is 0.889. The third-order valence-corrected chi connectivity index (χ3v) is 3.81. The van der Waals surface area contributed by atoms with Crippen molar-refractivity contribution < 1.29 is 9.90 Å². The maximum atomic E-state index is 11.8. The predicted octanol–water partition coefficient (Wildman–Crippen LogP) is 2.51. The van der Waals surface area contributed by atoms with Crippen LogP contribution in [0.3, 0.4) is 0 Å². The molecule has 1 heterocycles. The first-order valence-electron chi connectivity index (χ1n) is 5.51. The van der Waals surface area contributed by atoms with E-state index in [2.05, 4.69) is 25.9 Å². The van der Waals surface area contributed by atoms with Crippen LogP contribution in [0.4, 0.5) is 0 Å². The number of aromatic amines is 1. The van der Waals surface area contributed by atoms with Gasteiger partial charge in [0.1, 0.15) is 11.4 Å². The highest BCUT2D eigenvalue weighted by molar-refractivity contribution is 9.10. The van der Waals surface area contributed by atoms with Crippen molar-refractivity contribution in [3.8, 4) is 11.4 Å². The summed E-state index contributed by atoms with van der Waals surface area (Å²) in [5.74, 6) is -0.927. The summed E-state index contributed by atoms with van der Waals surface area (Å²) in [5, 5.41) is 8.94. The fourth-order valence-corrected chi connectivity index (χ4v) is 2.25. The van der Waals surface area contributed by atoms with Gasteiger partial charge in [-0.05, 0) is 35.3 Å². The highest BCUT2D eigenvalue weighted by Gasteiger charge is 2.16. The lowest BCUT2D eigenvalue weighted by Crippen LogP contribution is -2.21. The summed E-state index contributed by atoms with van der Waals surface area (Å²) < 4.78 is 0.820. The van der Waals surface area contributed by atoms with Gasteiger partial charge in [-0.2, -0.15) is 0 Å². The first kappa shape index (κ1) is 13.5. The minimum absolute atomic E-state index is 0.194. The first-order chi connectivity index (χ1) is 8.91. The number of rotatable bonds is 2. The number of aromatic carboxylic acids is 1. The van der Waals surface area contributed by atoms with Gasteiger partial charge < -0.3 is 10.1 Å². The number of nitrogens with one attached hydrogen (secondary N) is 1. The number of benzene rings is 1. The summed E-state index contributed by atoms with van der Waals surface area (Å²) in [6, 6.07) is 5.56. The number of aryl methyl sites for hydroxylation is 2. The van der Waals surface area contributed by atoms with E-state index in [0.29, 0.717) is 5.82 Å². The zero-order valence-electron chi connectivity index (χ0n) is 10.3. The zero-order chi connectivity index (χ0) is 14.2. The molecule has 0 saturated carbocycles. The van der Waals surface area contributed by atoms with Gasteiger partial charge in [0.05, 0.1) is 5.69 Å². The second-order valence-electron chi connectivity index (χ2n) is 4.12. The molecule has 0 aliphatic carbocycles. The number of halogens is 1. The number of carbonyl (C=O) groups is 1. The van der Waals surface area contributed by atoms with E-state index in [4.69, 9.17) is 5.11 Å². The molecule has 0 amide bonds. The number of carboxylic acid groups (broad SMARTS) is 1. The minimum Gasteiger partial charge on any atom is -0.477 e. The lowest BCUT2D eigenvalue weighted by atomic mass is 10.1. The highest BCUT2D eigenvalue weighted by Crippen LogP contribution is 2.28. The minimum atomic E-state index is -1.28. The van der Waals surface area contributed by atoms with Crippen molar-refractivity contribution in [2.75, 3.05) is 0 Å². The van der Waals surface area contributed by atoms with E-state index in [1.807, 2.05) is 19.1 Å². The molecule has 0 spiro atoms. The van der Waals surface area contributed by atoms with Crippen LogP contribution in [0.15, 0.2) is 27.5 Å². The Bertz CT molecular complexity index is 722. The lowest BCUT2D eigenvalue weighted by Gasteiger charge is -2.08. The standard InChI is InChI=1S/C13H11BrN2O3/c1-6-4-3-5-8(10(6)14)11-15-7(2)9(13(18)19)12(17)16-11/h3-5H,1-2H3,(H,18,19)(H,15,16,17). The SMILES string of the molecule is Cc1cccc(-c2nc(C)c(C(=O)O)c(=O)[nH]2)c1Br. The summed E-state index contributed by atoms with van der Waals surface area (Å²) >= 11 is 3.44. The van der Waals surface area contributed by atoms with Crippen molar-refractivity contribution >= 4 is 21.9 Å². The Morgan fingerprint density at radius 1 is 1.37 bits per heavy atom. The van der Waals surface area contributed by atoms with Crippen LogP contribution in [0, 0.1) is 13.8 Å². The molecular formula is C13H11BrN2O3. The van der Waals surface area contributed by atoms with E-state index in [1.165, 1.54) is 6.92 Å². The largest absolute Gasteiger partial charge is 0.477 e. The van der Waals surface area contributed by atoms with Gasteiger partial charge in [-0.3, -0.25) is 4.79 Å². The topological polar surface area (TPSA) is 83.0 Å². The number of carboxylic acids is 1. The highest BCUT2D eigenvalue weighted by atomic mass is 79.9. The fourth-order valence-electron chi connectivity index (χ4n) is 1.80. The number of hydrogen-bond acceptors (Lipinski definition) is 3. The van der Waals surface area contributed by atoms with Crippen LogP contribution >= 0.6 is 15.9 Å². The molecule has 2 N–H and O–H groups in total. The van der Waals surface area contributed by atoms with Crippen molar-refractivity contribution in [1.82, 2.24) is 9.97 Å². The molecule has 0 unspecified atom stereocenters. The molecule has 0 aliphatic rings. The van der Waals surface area contributed by atoms with Crippen molar-refractivity contribution in [3.63, 3.8) is 0 Å². The van der Waals surface area contributed by atoms with Gasteiger partial charge in [-0.1, -0.05) is 18.2 Å². The Kier molecular flexibility index (Phi) is 3.53. The van der Waals surface area contributed by atoms with Gasteiger partial charge in [-0.25, -0.2) is 9.78 Å². The van der Waals surface area contributed by atoms with Gasteiger partial charge in [-0.15, -0.1) is 0 Å². The van der Waals surface area contributed by atoms with E-state index in [1.54, 1.807) is 6.07 Å². The summed E-state index contributed by atoms with van der Waals surface area (Å²) in [5.41, 5.74) is 0.938. The maximum Gasteiger partial charge on any atom is 0.343 e. The Morgan fingerprint density at radius 2 is 2.05 bits per heavy atom. The average Bonchev–Trinajstić information content (AvgIpc) is 2.31. The molecule has 0 bridgehead atoms.